The fourth-order valence-corrected chi connectivity index (χ4v) is 5.45. The van der Waals surface area contributed by atoms with E-state index in [2.05, 4.69) is 10.6 Å². The highest BCUT2D eigenvalue weighted by atomic mass is 16.8. The summed E-state index contributed by atoms with van der Waals surface area (Å²) in [5.74, 6) is -6.59. The van der Waals surface area contributed by atoms with Gasteiger partial charge in [0.05, 0.1) is 32.0 Å². The van der Waals surface area contributed by atoms with Gasteiger partial charge in [0.15, 0.2) is 12.6 Å². The molecule has 0 aromatic heterocycles. The fraction of sp³-hybridized carbons (Fsp3) is 0.880. The summed E-state index contributed by atoms with van der Waals surface area (Å²) in [6.45, 7) is -2.94. The van der Waals surface area contributed by atoms with Gasteiger partial charge in [0.2, 0.25) is 11.8 Å². The van der Waals surface area contributed by atoms with E-state index in [9.17, 15) is 70.6 Å². The van der Waals surface area contributed by atoms with Crippen molar-refractivity contribution in [3.63, 3.8) is 0 Å². The first-order valence-electron chi connectivity index (χ1n) is 14.4. The average molecular weight is 691 g/mol. The second-order valence-electron chi connectivity index (χ2n) is 11.3. The second-order valence-corrected chi connectivity index (χ2v) is 11.3. The number of hydrogen-bond donors (Lipinski definition) is 14. The van der Waals surface area contributed by atoms with Crippen LogP contribution in [-0.4, -0.2) is 203 Å². The van der Waals surface area contributed by atoms with Crippen molar-refractivity contribution in [1.29, 1.82) is 0 Å². The minimum Gasteiger partial charge on any atom is -0.477 e. The van der Waals surface area contributed by atoms with E-state index in [1.54, 1.807) is 0 Å². The summed E-state index contributed by atoms with van der Waals surface area (Å²) in [6.07, 6.45) is -25.5. The first kappa shape index (κ1) is 39.2. The van der Waals surface area contributed by atoms with E-state index < -0.39 is 148 Å². The van der Waals surface area contributed by atoms with Crippen LogP contribution in [0.15, 0.2) is 0 Å². The Balaban J connectivity index is 1.83. The molecule has 16 atom stereocenters. The number of carbonyl (C=O) groups is 3. The standard InChI is InChI=1S/C25H42N2O20/c1-7(31)26-14-17(37)20(10(4-29)44-22(14)40)46-23-19(39)18(38)16(36)11(45-23)6-43-25(24(41)42)2-8(32)13(27-12(34)5-30)21(47-25)15(35)9(33)3-28/h8-11,13-23,28-30,32-33,35-40H,2-6H2,1H3,(H,26,31)(H,27,34)(H,41,42)/t8-,9+,10+,11+,13+,14+,15+,16-,17+,18-,19+,20+,21+,22?,23-,25-/m0/s1. The lowest BCUT2D eigenvalue weighted by molar-refractivity contribution is -0.358. The van der Waals surface area contributed by atoms with Gasteiger partial charge in [0.1, 0.15) is 73.7 Å². The van der Waals surface area contributed by atoms with Crippen LogP contribution in [0.25, 0.3) is 0 Å². The molecule has 3 aliphatic rings. The van der Waals surface area contributed by atoms with E-state index in [4.69, 9.17) is 28.8 Å². The number of carbonyl (C=O) groups excluding carboxylic acids is 2. The van der Waals surface area contributed by atoms with Gasteiger partial charge in [-0.25, -0.2) is 4.79 Å². The van der Waals surface area contributed by atoms with Crippen molar-refractivity contribution in [2.24, 2.45) is 0 Å². The SMILES string of the molecule is CC(=O)N[C@H]1C(O)O[C@H](CO)[C@@H](O[C@@H]2O[C@H](CO[C@@]3(C(=O)O)C[C@H](O)[C@@H](NC(=O)CO)[C@H]([C@H](O)[C@H](O)CO)O3)[C@H](O)[C@H](O)[C@H]2O)[C@@H]1O. The number of aliphatic hydroxyl groups is 11. The van der Waals surface area contributed by atoms with Gasteiger partial charge < -0.3 is 95.6 Å². The Morgan fingerprint density at radius 3 is 2.11 bits per heavy atom. The van der Waals surface area contributed by atoms with Gasteiger partial charge in [-0.05, 0) is 0 Å². The Kier molecular flexibility index (Phi) is 13.7. The van der Waals surface area contributed by atoms with Gasteiger partial charge in [-0.3, -0.25) is 9.59 Å². The van der Waals surface area contributed by atoms with Gasteiger partial charge in [-0.15, -0.1) is 0 Å². The average Bonchev–Trinajstić information content (AvgIpc) is 3.03. The monoisotopic (exact) mass is 690 g/mol. The fourth-order valence-electron chi connectivity index (χ4n) is 5.45. The molecule has 0 spiro atoms. The minimum atomic E-state index is -2.90. The summed E-state index contributed by atoms with van der Waals surface area (Å²) in [5.41, 5.74) is 0. The molecule has 3 rings (SSSR count). The lowest BCUT2D eigenvalue weighted by Crippen LogP contribution is -2.69. The van der Waals surface area contributed by atoms with E-state index in [-0.39, 0.29) is 0 Å². The molecule has 22 nitrogen and oxygen atoms in total. The van der Waals surface area contributed by atoms with Gasteiger partial charge >= 0.3 is 5.97 Å². The predicted octanol–water partition coefficient (Wildman–Crippen LogP) is -9.11. The summed E-state index contributed by atoms with van der Waals surface area (Å²) in [5, 5.41) is 126. The zero-order valence-corrected chi connectivity index (χ0v) is 24.8. The maximum absolute atomic E-state index is 12.4. The number of rotatable bonds is 13. The number of amides is 2. The van der Waals surface area contributed by atoms with E-state index in [0.717, 1.165) is 6.92 Å². The van der Waals surface area contributed by atoms with Crippen LogP contribution in [0, 0.1) is 0 Å². The number of aliphatic carboxylic acids is 1. The van der Waals surface area contributed by atoms with Crippen LogP contribution >= 0.6 is 0 Å². The van der Waals surface area contributed by atoms with E-state index >= 15 is 0 Å². The Hall–Kier alpha value is -2.23. The van der Waals surface area contributed by atoms with Gasteiger partial charge in [0.25, 0.3) is 5.79 Å². The highest BCUT2D eigenvalue weighted by molar-refractivity contribution is 5.78. The molecule has 14 N–H and O–H groups in total. The molecule has 1 unspecified atom stereocenters. The Bertz CT molecular complexity index is 1070. The lowest BCUT2D eigenvalue weighted by atomic mass is 9.88. The first-order valence-corrected chi connectivity index (χ1v) is 14.4. The molecular formula is C25H42N2O20. The van der Waals surface area contributed by atoms with Crippen molar-refractivity contribution in [1.82, 2.24) is 10.6 Å². The minimum absolute atomic E-state index is 0.687. The number of nitrogens with one attached hydrogen (secondary N) is 2. The molecule has 0 aliphatic carbocycles. The highest BCUT2D eigenvalue weighted by Crippen LogP contribution is 2.35. The number of carboxylic acids is 1. The highest BCUT2D eigenvalue weighted by Gasteiger charge is 2.57. The molecule has 47 heavy (non-hydrogen) atoms. The molecule has 3 saturated heterocycles. The van der Waals surface area contributed by atoms with Crippen molar-refractivity contribution < 1.29 is 99.3 Å². The molecule has 3 aliphatic heterocycles. The maximum Gasteiger partial charge on any atom is 0.364 e. The smallest absolute Gasteiger partial charge is 0.364 e. The number of carboxylic acid groups (broad SMARTS) is 1. The Morgan fingerprint density at radius 2 is 1.55 bits per heavy atom. The summed E-state index contributed by atoms with van der Waals surface area (Å²) < 4.78 is 27.1. The van der Waals surface area contributed by atoms with Crippen molar-refractivity contribution >= 4 is 17.8 Å². The van der Waals surface area contributed by atoms with Crippen LogP contribution < -0.4 is 10.6 Å². The zero-order chi connectivity index (χ0) is 35.4. The van der Waals surface area contributed by atoms with Crippen LogP contribution in [-0.2, 0) is 38.1 Å². The maximum atomic E-state index is 12.4. The molecule has 3 fully saturated rings. The molecular weight excluding hydrogens is 648 g/mol. The van der Waals surface area contributed by atoms with Crippen molar-refractivity contribution in [3.05, 3.63) is 0 Å². The third-order valence-corrected chi connectivity index (χ3v) is 7.97. The van der Waals surface area contributed by atoms with Crippen molar-refractivity contribution in [2.45, 2.75) is 111 Å². The molecule has 3 heterocycles. The number of hydrogen-bond acceptors (Lipinski definition) is 19. The number of ether oxygens (including phenoxy) is 5. The predicted molar refractivity (Wildman–Crippen MR) is 143 cm³/mol. The molecule has 0 radical (unpaired) electrons. The van der Waals surface area contributed by atoms with Gasteiger partial charge in [-0.1, -0.05) is 0 Å². The topological polar surface area (TPSA) is 364 Å². The lowest BCUT2D eigenvalue weighted by Gasteiger charge is -2.48. The van der Waals surface area contributed by atoms with Gasteiger partial charge in [-0.2, -0.15) is 0 Å². The summed E-state index contributed by atoms with van der Waals surface area (Å²) in [4.78, 5) is 35.8. The molecule has 0 aromatic carbocycles. The summed E-state index contributed by atoms with van der Waals surface area (Å²) in [7, 11) is 0. The second kappa shape index (κ2) is 16.4. The molecule has 0 aromatic rings. The summed E-state index contributed by atoms with van der Waals surface area (Å²) >= 11 is 0. The van der Waals surface area contributed by atoms with Crippen LogP contribution in [0.4, 0.5) is 0 Å². The van der Waals surface area contributed by atoms with E-state index in [1.165, 1.54) is 0 Å². The molecule has 272 valence electrons. The third-order valence-electron chi connectivity index (χ3n) is 7.97. The van der Waals surface area contributed by atoms with Crippen LogP contribution in [0.3, 0.4) is 0 Å². The molecule has 22 heteroatoms. The summed E-state index contributed by atoms with van der Waals surface area (Å²) in [6, 6.07) is -3.13. The third kappa shape index (κ3) is 8.69. The Labute approximate surface area is 265 Å². The molecule has 0 bridgehead atoms. The molecule has 2 amide bonds. The quantitative estimate of drug-likeness (QED) is 0.0852. The van der Waals surface area contributed by atoms with Crippen LogP contribution in [0.1, 0.15) is 13.3 Å². The van der Waals surface area contributed by atoms with Crippen molar-refractivity contribution in [2.75, 3.05) is 26.4 Å². The van der Waals surface area contributed by atoms with Crippen LogP contribution in [0.2, 0.25) is 0 Å². The normalized spacial score (nSPS) is 42.3. The Morgan fingerprint density at radius 1 is 0.894 bits per heavy atom. The molecule has 0 saturated carbocycles. The van der Waals surface area contributed by atoms with Gasteiger partial charge in [0, 0.05) is 13.3 Å². The van der Waals surface area contributed by atoms with Crippen LogP contribution in [0.5, 0.6) is 0 Å². The van der Waals surface area contributed by atoms with E-state index in [1.807, 2.05) is 0 Å². The largest absolute Gasteiger partial charge is 0.477 e. The van der Waals surface area contributed by atoms with E-state index in [0.29, 0.717) is 0 Å². The van der Waals surface area contributed by atoms with Crippen molar-refractivity contribution in [3.8, 4) is 0 Å². The number of aliphatic hydroxyl groups excluding tert-OH is 11. The first-order chi connectivity index (χ1) is 22.0. The zero-order valence-electron chi connectivity index (χ0n) is 24.8.